The Morgan fingerprint density at radius 2 is 2.12 bits per heavy atom. The van der Waals surface area contributed by atoms with Crippen LogP contribution in [-0.2, 0) is 11.2 Å². The maximum Gasteiger partial charge on any atom is 0.137 e. The van der Waals surface area contributed by atoms with E-state index in [1.54, 1.807) is 0 Å². The number of hydrogen-bond donors (Lipinski definition) is 1. The van der Waals surface area contributed by atoms with Crippen LogP contribution in [0.15, 0.2) is 42.7 Å². The molecule has 4 rings (SSSR count). The van der Waals surface area contributed by atoms with Gasteiger partial charge in [-0.05, 0) is 37.2 Å². The van der Waals surface area contributed by atoms with E-state index in [4.69, 9.17) is 21.3 Å². The van der Waals surface area contributed by atoms with Gasteiger partial charge in [0.15, 0.2) is 0 Å². The lowest BCUT2D eigenvalue weighted by molar-refractivity contribution is 0.131. The summed E-state index contributed by atoms with van der Waals surface area (Å²) in [6, 6.07) is 10.2. The molecule has 0 radical (unpaired) electrons. The van der Waals surface area contributed by atoms with Crippen LogP contribution in [0.5, 0.6) is 0 Å². The van der Waals surface area contributed by atoms with Crippen LogP contribution in [0.4, 0.5) is 0 Å². The molecule has 0 aliphatic carbocycles. The molecule has 3 aromatic heterocycles. The van der Waals surface area contributed by atoms with E-state index in [1.807, 2.05) is 41.1 Å². The molecule has 26 heavy (non-hydrogen) atoms. The van der Waals surface area contributed by atoms with Crippen LogP contribution in [0.2, 0.25) is 5.02 Å². The summed E-state index contributed by atoms with van der Waals surface area (Å²) in [4.78, 5) is 9.25. The third-order valence-corrected chi connectivity index (χ3v) is 4.44. The molecule has 1 fully saturated rings. The van der Waals surface area contributed by atoms with E-state index >= 15 is 0 Å². The number of pyridine rings is 2. The highest BCUT2D eigenvalue weighted by Gasteiger charge is 2.14. The highest BCUT2D eigenvalue weighted by molar-refractivity contribution is 6.30. The third-order valence-electron chi connectivity index (χ3n) is 4.21. The minimum Gasteiger partial charge on any atom is -0.380 e. The fourth-order valence-corrected chi connectivity index (χ4v) is 3.19. The Labute approximate surface area is 170 Å². The SMILES string of the molecule is Cl.Cl.Clc1ccc2ncc(-c3cccc(CC4COCCCN4)n3)n2c1. The van der Waals surface area contributed by atoms with Crippen molar-refractivity contribution in [3.63, 3.8) is 0 Å². The van der Waals surface area contributed by atoms with Gasteiger partial charge in [-0.25, -0.2) is 4.98 Å². The molecule has 0 bridgehead atoms. The highest BCUT2D eigenvalue weighted by Crippen LogP contribution is 2.21. The lowest BCUT2D eigenvalue weighted by Crippen LogP contribution is -2.34. The van der Waals surface area contributed by atoms with Gasteiger partial charge in [-0.3, -0.25) is 9.38 Å². The molecule has 0 amide bonds. The molecule has 0 aromatic carbocycles. The maximum absolute atomic E-state index is 6.12. The summed E-state index contributed by atoms with van der Waals surface area (Å²) in [5.41, 5.74) is 3.75. The number of ether oxygens (including phenoxy) is 1. The van der Waals surface area contributed by atoms with E-state index in [1.165, 1.54) is 0 Å². The van der Waals surface area contributed by atoms with Crippen LogP contribution >= 0.6 is 36.4 Å². The molecular weight excluding hydrogens is 395 g/mol. The second-order valence-electron chi connectivity index (χ2n) is 6.02. The van der Waals surface area contributed by atoms with Gasteiger partial charge in [-0.15, -0.1) is 24.8 Å². The van der Waals surface area contributed by atoms with Crippen molar-refractivity contribution < 1.29 is 4.74 Å². The molecule has 4 heterocycles. The number of halogens is 3. The first-order chi connectivity index (χ1) is 11.8. The van der Waals surface area contributed by atoms with Crippen LogP contribution in [0.1, 0.15) is 12.1 Å². The molecule has 1 N–H and O–H groups in total. The first-order valence-electron chi connectivity index (χ1n) is 8.20. The topological polar surface area (TPSA) is 51.5 Å². The molecule has 1 unspecified atom stereocenters. The Morgan fingerprint density at radius 3 is 3.00 bits per heavy atom. The van der Waals surface area contributed by atoms with E-state index < -0.39 is 0 Å². The second kappa shape index (κ2) is 9.53. The monoisotopic (exact) mass is 414 g/mol. The summed E-state index contributed by atoms with van der Waals surface area (Å²) < 4.78 is 7.61. The fourth-order valence-electron chi connectivity index (χ4n) is 3.03. The molecule has 5 nitrogen and oxygen atoms in total. The average molecular weight is 416 g/mol. The van der Waals surface area contributed by atoms with Crippen molar-refractivity contribution in [1.29, 1.82) is 0 Å². The van der Waals surface area contributed by atoms with Gasteiger partial charge in [0, 0.05) is 31.0 Å². The van der Waals surface area contributed by atoms with Gasteiger partial charge in [0.25, 0.3) is 0 Å². The molecule has 0 spiro atoms. The van der Waals surface area contributed by atoms with Crippen molar-refractivity contribution in [2.24, 2.45) is 0 Å². The number of imidazole rings is 1. The minimum atomic E-state index is 0. The summed E-state index contributed by atoms with van der Waals surface area (Å²) in [7, 11) is 0. The van der Waals surface area contributed by atoms with Gasteiger partial charge in [0.2, 0.25) is 0 Å². The highest BCUT2D eigenvalue weighted by atomic mass is 35.5. The van der Waals surface area contributed by atoms with E-state index in [-0.39, 0.29) is 24.8 Å². The number of aromatic nitrogens is 3. The Hall–Kier alpha value is -1.37. The largest absolute Gasteiger partial charge is 0.380 e. The van der Waals surface area contributed by atoms with Crippen molar-refractivity contribution in [3.8, 4) is 11.4 Å². The van der Waals surface area contributed by atoms with E-state index in [9.17, 15) is 0 Å². The predicted molar refractivity (Wildman–Crippen MR) is 109 cm³/mol. The van der Waals surface area contributed by atoms with Crippen molar-refractivity contribution in [2.75, 3.05) is 19.8 Å². The van der Waals surface area contributed by atoms with Crippen LogP contribution in [0, 0.1) is 0 Å². The lowest BCUT2D eigenvalue weighted by Gasteiger charge is -2.15. The number of nitrogens with zero attached hydrogens (tertiary/aromatic N) is 3. The standard InChI is InChI=1S/C18H19ClN4O.2ClH/c19-13-5-6-18-21-10-17(23(18)11-13)16-4-1-3-14(22-16)9-15-12-24-8-2-7-20-15;;/h1,3-6,10-11,15,20H,2,7-9,12H2;2*1H. The average Bonchev–Trinajstić information content (AvgIpc) is 2.83. The zero-order chi connectivity index (χ0) is 16.4. The molecule has 0 saturated carbocycles. The molecule has 8 heteroatoms. The van der Waals surface area contributed by atoms with Crippen LogP contribution < -0.4 is 5.32 Å². The molecule has 3 aromatic rings. The first kappa shape index (κ1) is 20.9. The van der Waals surface area contributed by atoms with Gasteiger partial charge in [-0.2, -0.15) is 0 Å². The zero-order valence-corrected chi connectivity index (χ0v) is 16.5. The first-order valence-corrected chi connectivity index (χ1v) is 8.57. The third kappa shape index (κ3) is 4.67. The summed E-state index contributed by atoms with van der Waals surface area (Å²) in [6.45, 7) is 2.56. The molecule has 1 atom stereocenters. The van der Waals surface area contributed by atoms with Crippen LogP contribution in [-0.4, -0.2) is 40.2 Å². The number of hydrogen-bond acceptors (Lipinski definition) is 4. The van der Waals surface area contributed by atoms with Crippen LogP contribution in [0.25, 0.3) is 17.0 Å². The van der Waals surface area contributed by atoms with E-state index in [0.717, 1.165) is 55.3 Å². The zero-order valence-electron chi connectivity index (χ0n) is 14.1. The Kier molecular flexibility index (Phi) is 7.68. The van der Waals surface area contributed by atoms with Crippen LogP contribution in [0.3, 0.4) is 0 Å². The second-order valence-corrected chi connectivity index (χ2v) is 6.45. The summed E-state index contributed by atoms with van der Waals surface area (Å²) >= 11 is 6.12. The smallest absolute Gasteiger partial charge is 0.137 e. The minimum absolute atomic E-state index is 0. The normalized spacial score (nSPS) is 17.2. The molecule has 1 aliphatic heterocycles. The number of nitrogens with one attached hydrogen (secondary N) is 1. The molecular formula is C18H21Cl3N4O. The van der Waals surface area contributed by atoms with Gasteiger partial charge >= 0.3 is 0 Å². The van der Waals surface area contributed by atoms with Crippen molar-refractivity contribution >= 4 is 42.1 Å². The predicted octanol–water partition coefficient (Wildman–Crippen LogP) is 3.81. The molecule has 1 saturated heterocycles. The Bertz CT molecular complexity index is 847. The van der Waals surface area contributed by atoms with Crippen molar-refractivity contribution in [2.45, 2.75) is 18.9 Å². The van der Waals surface area contributed by atoms with Gasteiger partial charge < -0.3 is 10.1 Å². The molecule has 1 aliphatic rings. The van der Waals surface area contributed by atoms with Gasteiger partial charge in [-0.1, -0.05) is 17.7 Å². The Balaban J connectivity index is 0.00000121. The van der Waals surface area contributed by atoms with Crippen molar-refractivity contribution in [3.05, 3.63) is 53.4 Å². The lowest BCUT2D eigenvalue weighted by atomic mass is 10.1. The van der Waals surface area contributed by atoms with Crippen molar-refractivity contribution in [1.82, 2.24) is 19.7 Å². The number of rotatable bonds is 3. The molecule has 140 valence electrons. The summed E-state index contributed by atoms with van der Waals surface area (Å²) in [5.74, 6) is 0. The maximum atomic E-state index is 6.12. The van der Waals surface area contributed by atoms with E-state index in [0.29, 0.717) is 11.1 Å². The number of fused-ring (bicyclic) bond motifs is 1. The Morgan fingerprint density at radius 1 is 1.23 bits per heavy atom. The van der Waals surface area contributed by atoms with E-state index in [2.05, 4.69) is 16.4 Å². The fraction of sp³-hybridized carbons (Fsp3) is 0.333. The quantitative estimate of drug-likeness (QED) is 0.706. The van der Waals surface area contributed by atoms with Gasteiger partial charge in [0.05, 0.1) is 29.2 Å². The van der Waals surface area contributed by atoms with Gasteiger partial charge in [0.1, 0.15) is 5.65 Å². The summed E-state index contributed by atoms with van der Waals surface area (Å²) in [5, 5.41) is 4.20. The summed E-state index contributed by atoms with van der Waals surface area (Å²) in [6.07, 6.45) is 5.62.